The van der Waals surface area contributed by atoms with Crippen LogP contribution in [0.2, 0.25) is 10.0 Å². The molecule has 2 aromatic heterocycles. The van der Waals surface area contributed by atoms with Crippen LogP contribution >= 0.6 is 23.2 Å². The summed E-state index contributed by atoms with van der Waals surface area (Å²) in [7, 11) is 0. The van der Waals surface area contributed by atoms with Crippen molar-refractivity contribution < 1.29 is 9.90 Å². The van der Waals surface area contributed by atoms with Gasteiger partial charge in [-0.1, -0.05) is 23.2 Å². The smallest absolute Gasteiger partial charge is 0.405 e. The standard InChI is InChI=1S/C14H11Cl2N5O3/c1-6(18-14(23)24)12-19-11-8(16)3-2-7(15)10(11)13(22)21(12)9-4-5-17-20-9/h2-6,18H,1H3,(H,17,20)(H,23,24). The fraction of sp³-hybridized carbons (Fsp3) is 0.143. The zero-order valence-corrected chi connectivity index (χ0v) is 13.8. The van der Waals surface area contributed by atoms with Crippen molar-refractivity contribution in [2.24, 2.45) is 0 Å². The normalized spacial score (nSPS) is 12.3. The summed E-state index contributed by atoms with van der Waals surface area (Å²) in [5.74, 6) is 0.489. The highest BCUT2D eigenvalue weighted by Crippen LogP contribution is 2.27. The minimum absolute atomic E-state index is 0.144. The number of carboxylic acid groups (broad SMARTS) is 1. The largest absolute Gasteiger partial charge is 0.465 e. The minimum atomic E-state index is -1.25. The molecule has 8 nitrogen and oxygen atoms in total. The van der Waals surface area contributed by atoms with Crippen molar-refractivity contribution in [1.82, 2.24) is 25.1 Å². The van der Waals surface area contributed by atoms with Gasteiger partial charge in [-0.15, -0.1) is 0 Å². The summed E-state index contributed by atoms with van der Waals surface area (Å²) < 4.78 is 1.22. The van der Waals surface area contributed by atoms with Gasteiger partial charge in [0.25, 0.3) is 5.56 Å². The quantitative estimate of drug-likeness (QED) is 0.658. The molecule has 1 aromatic carbocycles. The maximum atomic E-state index is 13.0. The number of amides is 1. The number of nitrogens with one attached hydrogen (secondary N) is 2. The number of carbonyl (C=O) groups is 1. The van der Waals surface area contributed by atoms with Gasteiger partial charge in [0, 0.05) is 6.07 Å². The van der Waals surface area contributed by atoms with E-state index in [4.69, 9.17) is 28.3 Å². The molecule has 1 atom stereocenters. The molecule has 0 fully saturated rings. The first-order valence-corrected chi connectivity index (χ1v) is 7.55. The molecular weight excluding hydrogens is 357 g/mol. The van der Waals surface area contributed by atoms with Gasteiger partial charge in [-0.2, -0.15) is 5.10 Å². The number of aromatic amines is 1. The molecule has 0 aliphatic heterocycles. The topological polar surface area (TPSA) is 113 Å². The third-order valence-electron chi connectivity index (χ3n) is 3.40. The molecule has 3 N–H and O–H groups in total. The number of halogens is 2. The van der Waals surface area contributed by atoms with Crippen LogP contribution in [0.5, 0.6) is 0 Å². The molecule has 1 unspecified atom stereocenters. The predicted octanol–water partition coefficient (Wildman–Crippen LogP) is 2.74. The van der Waals surface area contributed by atoms with E-state index in [1.54, 1.807) is 13.0 Å². The first-order chi connectivity index (χ1) is 11.4. The zero-order valence-electron chi connectivity index (χ0n) is 12.2. The van der Waals surface area contributed by atoms with Crippen molar-refractivity contribution in [2.75, 3.05) is 0 Å². The zero-order chi connectivity index (χ0) is 17.4. The molecule has 24 heavy (non-hydrogen) atoms. The monoisotopic (exact) mass is 367 g/mol. The van der Waals surface area contributed by atoms with E-state index in [0.717, 1.165) is 0 Å². The summed E-state index contributed by atoms with van der Waals surface area (Å²) >= 11 is 12.3. The Kier molecular flexibility index (Phi) is 4.16. The average Bonchev–Trinajstić information content (AvgIpc) is 3.03. The molecule has 0 spiro atoms. The van der Waals surface area contributed by atoms with Crippen molar-refractivity contribution in [3.05, 3.63) is 50.6 Å². The molecule has 3 aromatic rings. The van der Waals surface area contributed by atoms with Gasteiger partial charge < -0.3 is 10.4 Å². The van der Waals surface area contributed by atoms with Gasteiger partial charge in [0.05, 0.1) is 33.2 Å². The maximum absolute atomic E-state index is 13.0. The molecule has 0 aliphatic rings. The first kappa shape index (κ1) is 16.3. The number of benzene rings is 1. The molecule has 0 aliphatic carbocycles. The molecule has 0 radical (unpaired) electrons. The Labute approximate surface area is 145 Å². The maximum Gasteiger partial charge on any atom is 0.405 e. The van der Waals surface area contributed by atoms with Gasteiger partial charge in [0.2, 0.25) is 0 Å². The molecule has 1 amide bonds. The lowest BCUT2D eigenvalue weighted by molar-refractivity contribution is 0.190. The summed E-state index contributed by atoms with van der Waals surface area (Å²) in [6, 6.07) is 3.81. The number of rotatable bonds is 3. The van der Waals surface area contributed by atoms with E-state index >= 15 is 0 Å². The van der Waals surface area contributed by atoms with Crippen LogP contribution in [0.15, 0.2) is 29.2 Å². The molecule has 0 bridgehead atoms. The molecule has 0 saturated carbocycles. The third kappa shape index (κ3) is 2.70. The Morgan fingerprint density at radius 2 is 2.04 bits per heavy atom. The van der Waals surface area contributed by atoms with Gasteiger partial charge in [-0.25, -0.2) is 14.3 Å². The number of nitrogens with zero attached hydrogens (tertiary/aromatic N) is 3. The van der Waals surface area contributed by atoms with E-state index in [1.165, 1.54) is 22.9 Å². The van der Waals surface area contributed by atoms with Crippen LogP contribution in [-0.2, 0) is 0 Å². The number of hydrogen-bond acceptors (Lipinski definition) is 4. The molecule has 10 heteroatoms. The van der Waals surface area contributed by atoms with Crippen LogP contribution in [-0.4, -0.2) is 30.9 Å². The Hall–Kier alpha value is -2.58. The first-order valence-electron chi connectivity index (χ1n) is 6.80. The summed E-state index contributed by atoms with van der Waals surface area (Å²) in [5, 5.41) is 18.3. The van der Waals surface area contributed by atoms with E-state index in [9.17, 15) is 9.59 Å². The molecule has 0 saturated heterocycles. The van der Waals surface area contributed by atoms with Crippen LogP contribution in [0.3, 0.4) is 0 Å². The molecule has 3 rings (SSSR count). The van der Waals surface area contributed by atoms with Gasteiger partial charge in [0.15, 0.2) is 0 Å². The van der Waals surface area contributed by atoms with E-state index in [2.05, 4.69) is 20.5 Å². The second kappa shape index (κ2) is 6.14. The van der Waals surface area contributed by atoms with Gasteiger partial charge in [-0.05, 0) is 19.1 Å². The van der Waals surface area contributed by atoms with E-state index in [0.29, 0.717) is 5.82 Å². The van der Waals surface area contributed by atoms with Crippen LogP contribution in [0.25, 0.3) is 16.7 Å². The average molecular weight is 368 g/mol. The Balaban J connectivity index is 2.40. The van der Waals surface area contributed by atoms with Gasteiger partial charge >= 0.3 is 6.09 Å². The highest BCUT2D eigenvalue weighted by atomic mass is 35.5. The van der Waals surface area contributed by atoms with E-state index in [1.807, 2.05) is 0 Å². The van der Waals surface area contributed by atoms with Gasteiger partial charge in [0.1, 0.15) is 11.6 Å². The van der Waals surface area contributed by atoms with Crippen molar-refractivity contribution in [1.29, 1.82) is 0 Å². The SMILES string of the molecule is CC(NC(=O)O)c1nc2c(Cl)ccc(Cl)c2c(=O)n1-c1ccn[nH]1. The number of aromatic nitrogens is 4. The van der Waals surface area contributed by atoms with Crippen molar-refractivity contribution in [3.8, 4) is 5.82 Å². The second-order valence-electron chi connectivity index (χ2n) is 4.98. The summed E-state index contributed by atoms with van der Waals surface area (Å²) in [6.45, 7) is 1.56. The number of H-pyrrole nitrogens is 1. The van der Waals surface area contributed by atoms with Crippen LogP contribution in [0, 0.1) is 0 Å². The lowest BCUT2D eigenvalue weighted by atomic mass is 10.2. The van der Waals surface area contributed by atoms with Crippen LogP contribution in [0.4, 0.5) is 4.79 Å². The minimum Gasteiger partial charge on any atom is -0.465 e. The highest BCUT2D eigenvalue weighted by molar-refractivity contribution is 6.39. The fourth-order valence-electron chi connectivity index (χ4n) is 2.38. The van der Waals surface area contributed by atoms with Crippen LogP contribution < -0.4 is 10.9 Å². The summed E-state index contributed by atoms with van der Waals surface area (Å²) in [6.07, 6.45) is 0.218. The van der Waals surface area contributed by atoms with Crippen molar-refractivity contribution in [3.63, 3.8) is 0 Å². The Morgan fingerprint density at radius 1 is 1.33 bits per heavy atom. The Morgan fingerprint density at radius 3 is 2.67 bits per heavy atom. The van der Waals surface area contributed by atoms with Crippen molar-refractivity contribution in [2.45, 2.75) is 13.0 Å². The molecule has 2 heterocycles. The second-order valence-corrected chi connectivity index (χ2v) is 5.79. The van der Waals surface area contributed by atoms with E-state index < -0.39 is 17.7 Å². The lowest BCUT2D eigenvalue weighted by Crippen LogP contribution is -2.32. The third-order valence-corrected chi connectivity index (χ3v) is 4.02. The van der Waals surface area contributed by atoms with E-state index in [-0.39, 0.29) is 26.8 Å². The van der Waals surface area contributed by atoms with Crippen molar-refractivity contribution >= 4 is 40.2 Å². The number of fused-ring (bicyclic) bond motifs is 1. The van der Waals surface area contributed by atoms with Crippen LogP contribution in [0.1, 0.15) is 18.8 Å². The lowest BCUT2D eigenvalue weighted by Gasteiger charge is -2.18. The molecular formula is C14H11Cl2N5O3. The van der Waals surface area contributed by atoms with Gasteiger partial charge in [-0.3, -0.25) is 9.89 Å². The Bertz CT molecular complexity index is 984. The predicted molar refractivity (Wildman–Crippen MR) is 89.1 cm³/mol. The fourth-order valence-corrected chi connectivity index (χ4v) is 2.81. The summed E-state index contributed by atoms with van der Waals surface area (Å²) in [4.78, 5) is 28.3. The number of hydrogen-bond donors (Lipinski definition) is 3. The molecule has 124 valence electrons. The highest BCUT2D eigenvalue weighted by Gasteiger charge is 2.22. The summed E-state index contributed by atoms with van der Waals surface area (Å²) in [5.41, 5.74) is -0.273.